The van der Waals surface area contributed by atoms with Crippen LogP contribution in [0.3, 0.4) is 0 Å². The topological polar surface area (TPSA) is 43.4 Å². The van der Waals surface area contributed by atoms with Crippen molar-refractivity contribution in [3.63, 3.8) is 0 Å². The molecule has 206 valence electrons. The lowest BCUT2D eigenvalue weighted by Gasteiger charge is -2.58. The Hall–Kier alpha value is -1.13. The molecule has 0 bridgehead atoms. The summed E-state index contributed by atoms with van der Waals surface area (Å²) in [6.07, 6.45) is 17.3. The Balaban J connectivity index is 1.25. The maximum absolute atomic E-state index is 13.0. The number of hydrogen-bond acceptors (Lipinski definition) is 3. The molecule has 3 saturated carbocycles. The van der Waals surface area contributed by atoms with E-state index in [0.29, 0.717) is 5.41 Å². The number of aryl methyl sites for hydroxylation is 1. The first-order valence-corrected chi connectivity index (χ1v) is 16.6. The summed E-state index contributed by atoms with van der Waals surface area (Å²) in [7, 11) is -3.73. The van der Waals surface area contributed by atoms with Gasteiger partial charge in [0.25, 0.3) is 10.1 Å². The average molecular weight is 527 g/mol. The molecule has 0 aliphatic heterocycles. The highest BCUT2D eigenvalue weighted by Gasteiger charge is 2.58. The van der Waals surface area contributed by atoms with Crippen LogP contribution in [0.25, 0.3) is 0 Å². The van der Waals surface area contributed by atoms with Gasteiger partial charge in [0.15, 0.2) is 0 Å². The molecule has 4 aliphatic rings. The largest absolute Gasteiger partial charge is 0.297 e. The highest BCUT2D eigenvalue weighted by atomic mass is 32.2. The van der Waals surface area contributed by atoms with Crippen LogP contribution >= 0.6 is 0 Å². The zero-order valence-electron chi connectivity index (χ0n) is 24.0. The molecule has 37 heavy (non-hydrogen) atoms. The van der Waals surface area contributed by atoms with Crippen LogP contribution in [-0.4, -0.2) is 14.5 Å². The minimum absolute atomic E-state index is 0.215. The SMILES string of the molecule is Cc1ccc(S(=O)(=O)O[C@H]2CC[C@@]3(C)C(=CC[C@H]4[C@@H]5CC[C@H](CCCCC(C)C)[C@@]5(C)CC[C@@H]43)C2)cc1. The van der Waals surface area contributed by atoms with E-state index in [9.17, 15) is 8.42 Å². The molecule has 5 rings (SSSR count). The highest BCUT2D eigenvalue weighted by Crippen LogP contribution is 2.66. The normalized spacial score (nSPS) is 37.6. The molecule has 0 amide bonds. The number of fused-ring (bicyclic) bond motifs is 5. The summed E-state index contributed by atoms with van der Waals surface area (Å²) in [6, 6.07) is 7.02. The molecule has 3 fully saturated rings. The molecule has 4 aliphatic carbocycles. The van der Waals surface area contributed by atoms with Crippen LogP contribution in [0.4, 0.5) is 0 Å². The number of hydrogen-bond donors (Lipinski definition) is 0. The van der Waals surface area contributed by atoms with E-state index in [0.717, 1.165) is 54.4 Å². The maximum Gasteiger partial charge on any atom is 0.297 e. The smallest absolute Gasteiger partial charge is 0.263 e. The Labute approximate surface area is 227 Å². The predicted molar refractivity (Wildman–Crippen MR) is 152 cm³/mol. The Morgan fingerprint density at radius 3 is 2.46 bits per heavy atom. The van der Waals surface area contributed by atoms with Crippen molar-refractivity contribution in [2.24, 2.45) is 40.4 Å². The van der Waals surface area contributed by atoms with Crippen molar-refractivity contribution in [1.29, 1.82) is 0 Å². The Morgan fingerprint density at radius 2 is 1.73 bits per heavy atom. The van der Waals surface area contributed by atoms with Crippen molar-refractivity contribution in [3.8, 4) is 0 Å². The van der Waals surface area contributed by atoms with Crippen LogP contribution in [0.1, 0.15) is 110 Å². The van der Waals surface area contributed by atoms with Gasteiger partial charge in [-0.05, 0) is 117 Å². The van der Waals surface area contributed by atoms with Gasteiger partial charge in [-0.3, -0.25) is 4.18 Å². The first kappa shape index (κ1) is 27.4. The summed E-state index contributed by atoms with van der Waals surface area (Å²) in [5, 5.41) is 0. The van der Waals surface area contributed by atoms with Gasteiger partial charge in [0.05, 0.1) is 11.0 Å². The molecule has 0 aromatic heterocycles. The fourth-order valence-corrected chi connectivity index (χ4v) is 10.3. The van der Waals surface area contributed by atoms with Gasteiger partial charge in [-0.15, -0.1) is 0 Å². The molecule has 0 N–H and O–H groups in total. The zero-order valence-corrected chi connectivity index (χ0v) is 24.8. The molecule has 4 heteroatoms. The molecule has 0 radical (unpaired) electrons. The van der Waals surface area contributed by atoms with Gasteiger partial charge < -0.3 is 0 Å². The van der Waals surface area contributed by atoms with E-state index in [1.165, 1.54) is 63.4 Å². The van der Waals surface area contributed by atoms with Crippen molar-refractivity contribution >= 4 is 10.1 Å². The fraction of sp³-hybridized carbons (Fsp3) is 0.758. The molecule has 1 aromatic rings. The van der Waals surface area contributed by atoms with E-state index >= 15 is 0 Å². The average Bonchev–Trinajstić information content (AvgIpc) is 3.18. The van der Waals surface area contributed by atoms with E-state index in [-0.39, 0.29) is 16.4 Å². The van der Waals surface area contributed by atoms with Crippen molar-refractivity contribution in [2.45, 2.75) is 123 Å². The van der Waals surface area contributed by atoms with Gasteiger partial charge in [0.1, 0.15) is 0 Å². The van der Waals surface area contributed by atoms with Gasteiger partial charge in [-0.2, -0.15) is 8.42 Å². The lowest BCUT2D eigenvalue weighted by molar-refractivity contribution is -0.0490. The number of benzene rings is 1. The Bertz CT molecular complexity index is 1090. The third-order valence-corrected chi connectivity index (χ3v) is 12.8. The third-order valence-electron chi connectivity index (χ3n) is 11.4. The van der Waals surface area contributed by atoms with Gasteiger partial charge in [-0.25, -0.2) is 0 Å². The summed E-state index contributed by atoms with van der Waals surface area (Å²) in [5.74, 6) is 4.17. The van der Waals surface area contributed by atoms with E-state index in [2.05, 4.69) is 33.8 Å². The Morgan fingerprint density at radius 1 is 0.973 bits per heavy atom. The zero-order chi connectivity index (χ0) is 26.4. The lowest BCUT2D eigenvalue weighted by Crippen LogP contribution is -2.50. The molecule has 1 aromatic carbocycles. The van der Waals surface area contributed by atoms with E-state index in [4.69, 9.17) is 4.18 Å². The van der Waals surface area contributed by atoms with Crippen LogP contribution < -0.4 is 0 Å². The molecule has 0 spiro atoms. The summed E-state index contributed by atoms with van der Waals surface area (Å²) in [5.41, 5.74) is 3.28. The highest BCUT2D eigenvalue weighted by molar-refractivity contribution is 7.86. The number of allylic oxidation sites excluding steroid dienone is 1. The minimum Gasteiger partial charge on any atom is -0.263 e. The van der Waals surface area contributed by atoms with Gasteiger partial charge in [0.2, 0.25) is 0 Å². The first-order chi connectivity index (χ1) is 17.5. The van der Waals surface area contributed by atoms with Crippen molar-refractivity contribution < 1.29 is 12.6 Å². The second-order valence-corrected chi connectivity index (χ2v) is 15.6. The molecule has 0 heterocycles. The molecule has 7 atom stereocenters. The second kappa shape index (κ2) is 10.5. The molecular formula is C33H50O3S. The number of unbranched alkanes of at least 4 members (excludes halogenated alkanes) is 1. The first-order valence-electron chi connectivity index (χ1n) is 15.2. The second-order valence-electron chi connectivity index (χ2n) is 14.0. The monoisotopic (exact) mass is 526 g/mol. The van der Waals surface area contributed by atoms with E-state index in [1.54, 1.807) is 12.1 Å². The summed E-state index contributed by atoms with van der Waals surface area (Å²) >= 11 is 0. The Kier molecular flexibility index (Phi) is 7.75. The molecule has 0 saturated heterocycles. The number of rotatable bonds is 8. The van der Waals surface area contributed by atoms with E-state index in [1.807, 2.05) is 19.1 Å². The predicted octanol–water partition coefficient (Wildman–Crippen LogP) is 8.86. The van der Waals surface area contributed by atoms with Crippen molar-refractivity contribution in [3.05, 3.63) is 41.5 Å². The minimum atomic E-state index is -3.73. The van der Waals surface area contributed by atoms with Crippen LogP contribution in [-0.2, 0) is 14.3 Å². The summed E-state index contributed by atoms with van der Waals surface area (Å²) in [4.78, 5) is 0.274. The molecular weight excluding hydrogens is 476 g/mol. The van der Waals surface area contributed by atoms with Crippen LogP contribution in [0, 0.1) is 47.3 Å². The standard InChI is InChI=1S/C33H50O3S/c1-23(2)8-6-7-9-25-13-17-30-29-16-12-26-22-27(36-37(34,35)28-14-10-24(3)11-15-28)18-20-33(26,5)31(29)19-21-32(25,30)4/h10-12,14-15,23,25,27,29-31H,6-9,13,16-22H2,1-5H3/t25-,27-,29-,30-,31-,32+,33-/m0/s1. The summed E-state index contributed by atoms with van der Waals surface area (Å²) < 4.78 is 31.7. The molecule has 3 nitrogen and oxygen atoms in total. The van der Waals surface area contributed by atoms with Crippen LogP contribution in [0.2, 0.25) is 0 Å². The lowest BCUT2D eigenvalue weighted by atomic mass is 9.47. The van der Waals surface area contributed by atoms with E-state index < -0.39 is 10.1 Å². The molecule has 0 unspecified atom stereocenters. The third kappa shape index (κ3) is 5.23. The summed E-state index contributed by atoms with van der Waals surface area (Å²) in [6.45, 7) is 11.8. The van der Waals surface area contributed by atoms with Gasteiger partial charge in [-0.1, -0.05) is 76.3 Å². The van der Waals surface area contributed by atoms with Gasteiger partial charge in [0, 0.05) is 0 Å². The van der Waals surface area contributed by atoms with Crippen LogP contribution in [0.15, 0.2) is 40.8 Å². The quantitative estimate of drug-likeness (QED) is 0.193. The van der Waals surface area contributed by atoms with Crippen molar-refractivity contribution in [2.75, 3.05) is 0 Å². The van der Waals surface area contributed by atoms with Crippen LogP contribution in [0.5, 0.6) is 0 Å². The fourth-order valence-electron chi connectivity index (χ4n) is 9.18. The van der Waals surface area contributed by atoms with Gasteiger partial charge >= 0.3 is 0 Å². The van der Waals surface area contributed by atoms with Crippen molar-refractivity contribution in [1.82, 2.24) is 0 Å². The maximum atomic E-state index is 13.0.